The Morgan fingerprint density at radius 1 is 1.55 bits per heavy atom. The Hall–Kier alpha value is -1.85. The summed E-state index contributed by atoms with van der Waals surface area (Å²) in [6.45, 7) is 1.95. The van der Waals surface area contributed by atoms with Gasteiger partial charge in [-0.3, -0.25) is 4.79 Å². The van der Waals surface area contributed by atoms with Crippen LogP contribution in [0.2, 0.25) is 5.02 Å². The molecule has 0 saturated heterocycles. The summed E-state index contributed by atoms with van der Waals surface area (Å²) in [6, 6.07) is 6.94. The maximum Gasteiger partial charge on any atom is 0.225 e. The highest BCUT2D eigenvalue weighted by molar-refractivity contribution is 6.31. The zero-order chi connectivity index (χ0) is 14.5. The maximum absolute atomic E-state index is 12.0. The van der Waals surface area contributed by atoms with Gasteiger partial charge in [-0.25, -0.2) is 4.68 Å². The second-order valence-electron chi connectivity index (χ2n) is 4.53. The van der Waals surface area contributed by atoms with Crippen molar-refractivity contribution in [3.63, 3.8) is 0 Å². The van der Waals surface area contributed by atoms with Crippen LogP contribution in [0.5, 0.6) is 0 Å². The van der Waals surface area contributed by atoms with Crippen LogP contribution in [0.15, 0.2) is 36.7 Å². The number of nitrogens with two attached hydrogens (primary N) is 1. The molecule has 20 heavy (non-hydrogen) atoms. The molecule has 1 aromatic heterocycles. The highest BCUT2D eigenvalue weighted by Gasteiger charge is 2.12. The summed E-state index contributed by atoms with van der Waals surface area (Å²) in [5.74, 6) is -0.130. The minimum Gasteiger partial charge on any atom is -0.327 e. The predicted octanol–water partition coefficient (Wildman–Crippen LogP) is 2.59. The minimum absolute atomic E-state index is 0.130. The molecule has 106 valence electrons. The molecule has 0 aliphatic rings. The van der Waals surface area contributed by atoms with Crippen LogP contribution < -0.4 is 11.1 Å². The van der Waals surface area contributed by atoms with E-state index in [2.05, 4.69) is 10.4 Å². The van der Waals surface area contributed by atoms with Crippen molar-refractivity contribution in [3.8, 4) is 5.69 Å². The van der Waals surface area contributed by atoms with E-state index in [1.807, 2.05) is 19.1 Å². The molecule has 1 atom stereocenters. The standard InChI is InChI=1S/C14H17ClN4O/c1-2-11(16)9-14(20)18-12-8-10(15)4-5-13(12)19-7-3-6-17-19/h3-8,11H,2,9,16H2,1H3,(H,18,20). The van der Waals surface area contributed by atoms with Gasteiger partial charge in [-0.05, 0) is 30.7 Å². The lowest BCUT2D eigenvalue weighted by Crippen LogP contribution is -2.26. The van der Waals surface area contributed by atoms with Crippen LogP contribution in [0.1, 0.15) is 19.8 Å². The number of hydrogen-bond acceptors (Lipinski definition) is 3. The van der Waals surface area contributed by atoms with E-state index in [4.69, 9.17) is 17.3 Å². The molecule has 0 bridgehead atoms. The number of benzene rings is 1. The number of halogens is 1. The highest BCUT2D eigenvalue weighted by atomic mass is 35.5. The Bertz CT molecular complexity index is 583. The lowest BCUT2D eigenvalue weighted by atomic mass is 10.1. The zero-order valence-corrected chi connectivity index (χ0v) is 12.0. The number of carbonyl (C=O) groups excluding carboxylic acids is 1. The molecule has 2 aromatic rings. The summed E-state index contributed by atoms with van der Waals surface area (Å²) < 4.78 is 1.67. The number of hydrogen-bond donors (Lipinski definition) is 2. The van der Waals surface area contributed by atoms with E-state index in [1.54, 1.807) is 29.2 Å². The summed E-state index contributed by atoms with van der Waals surface area (Å²) >= 11 is 5.99. The van der Waals surface area contributed by atoms with Gasteiger partial charge in [0.25, 0.3) is 0 Å². The van der Waals surface area contributed by atoms with Crippen LogP contribution in [0.3, 0.4) is 0 Å². The Kier molecular flexibility index (Phi) is 4.76. The van der Waals surface area contributed by atoms with Crippen molar-refractivity contribution >= 4 is 23.2 Å². The van der Waals surface area contributed by atoms with Gasteiger partial charge < -0.3 is 11.1 Å². The van der Waals surface area contributed by atoms with E-state index in [1.165, 1.54) is 0 Å². The molecule has 1 unspecified atom stereocenters. The zero-order valence-electron chi connectivity index (χ0n) is 11.2. The first-order valence-electron chi connectivity index (χ1n) is 6.45. The van der Waals surface area contributed by atoms with Crippen molar-refractivity contribution in [1.82, 2.24) is 9.78 Å². The average Bonchev–Trinajstić information content (AvgIpc) is 2.92. The van der Waals surface area contributed by atoms with E-state index >= 15 is 0 Å². The number of rotatable bonds is 5. The van der Waals surface area contributed by atoms with Crippen LogP contribution >= 0.6 is 11.6 Å². The average molecular weight is 293 g/mol. The van der Waals surface area contributed by atoms with Crippen LogP contribution in [-0.2, 0) is 4.79 Å². The van der Waals surface area contributed by atoms with Gasteiger partial charge in [-0.15, -0.1) is 0 Å². The Morgan fingerprint density at radius 2 is 2.35 bits per heavy atom. The van der Waals surface area contributed by atoms with Gasteiger partial charge in [0.2, 0.25) is 5.91 Å². The summed E-state index contributed by atoms with van der Waals surface area (Å²) in [6.07, 6.45) is 4.51. The van der Waals surface area contributed by atoms with E-state index in [-0.39, 0.29) is 18.4 Å². The van der Waals surface area contributed by atoms with Crippen molar-refractivity contribution in [1.29, 1.82) is 0 Å². The fraction of sp³-hybridized carbons (Fsp3) is 0.286. The summed E-state index contributed by atoms with van der Waals surface area (Å²) in [5.41, 5.74) is 7.17. The molecule has 5 nitrogen and oxygen atoms in total. The van der Waals surface area contributed by atoms with Gasteiger partial charge in [0.15, 0.2) is 0 Å². The lowest BCUT2D eigenvalue weighted by Gasteiger charge is -2.13. The van der Waals surface area contributed by atoms with E-state index in [0.717, 1.165) is 12.1 Å². The molecule has 1 amide bonds. The number of amides is 1. The van der Waals surface area contributed by atoms with Crippen LogP contribution in [0, 0.1) is 0 Å². The molecule has 0 saturated carbocycles. The van der Waals surface area contributed by atoms with Gasteiger partial charge in [-0.1, -0.05) is 18.5 Å². The van der Waals surface area contributed by atoms with Gasteiger partial charge in [-0.2, -0.15) is 5.10 Å². The topological polar surface area (TPSA) is 72.9 Å². The Morgan fingerprint density at radius 3 is 3.00 bits per heavy atom. The van der Waals surface area contributed by atoms with E-state index < -0.39 is 0 Å². The molecule has 1 aromatic carbocycles. The fourth-order valence-electron chi connectivity index (χ4n) is 1.80. The number of nitrogens with zero attached hydrogens (tertiary/aromatic N) is 2. The van der Waals surface area contributed by atoms with Crippen LogP contribution in [0.4, 0.5) is 5.69 Å². The normalized spacial score (nSPS) is 12.2. The quantitative estimate of drug-likeness (QED) is 0.889. The largest absolute Gasteiger partial charge is 0.327 e. The van der Waals surface area contributed by atoms with Gasteiger partial charge >= 0.3 is 0 Å². The summed E-state index contributed by atoms with van der Waals surface area (Å²) in [7, 11) is 0. The monoisotopic (exact) mass is 292 g/mol. The summed E-state index contributed by atoms with van der Waals surface area (Å²) in [5, 5.41) is 7.55. The fourth-order valence-corrected chi connectivity index (χ4v) is 1.98. The third-order valence-electron chi connectivity index (χ3n) is 2.96. The molecule has 0 aliphatic heterocycles. The molecule has 6 heteroatoms. The number of carbonyl (C=O) groups is 1. The maximum atomic E-state index is 12.0. The highest BCUT2D eigenvalue weighted by Crippen LogP contribution is 2.24. The summed E-state index contributed by atoms with van der Waals surface area (Å²) in [4.78, 5) is 12.0. The molecule has 0 fully saturated rings. The molecule has 0 radical (unpaired) electrons. The van der Waals surface area contributed by atoms with Crippen molar-refractivity contribution in [3.05, 3.63) is 41.7 Å². The first-order chi connectivity index (χ1) is 9.60. The molecule has 0 spiro atoms. The van der Waals surface area contributed by atoms with Crippen molar-refractivity contribution in [2.45, 2.75) is 25.8 Å². The van der Waals surface area contributed by atoms with Crippen molar-refractivity contribution in [2.24, 2.45) is 5.73 Å². The van der Waals surface area contributed by atoms with E-state index in [9.17, 15) is 4.79 Å². The SMILES string of the molecule is CCC(N)CC(=O)Nc1cc(Cl)ccc1-n1cccn1. The second kappa shape index (κ2) is 6.54. The third kappa shape index (κ3) is 3.59. The first-order valence-corrected chi connectivity index (χ1v) is 6.83. The van der Waals surface area contributed by atoms with E-state index in [0.29, 0.717) is 10.7 Å². The van der Waals surface area contributed by atoms with Gasteiger partial charge in [0.1, 0.15) is 0 Å². The Labute approximate surface area is 122 Å². The predicted molar refractivity (Wildman–Crippen MR) is 80.1 cm³/mol. The molecule has 0 aliphatic carbocycles. The number of aromatic nitrogens is 2. The van der Waals surface area contributed by atoms with Crippen molar-refractivity contribution in [2.75, 3.05) is 5.32 Å². The smallest absolute Gasteiger partial charge is 0.225 e. The number of anilines is 1. The minimum atomic E-state index is -0.137. The molecular formula is C14H17ClN4O. The Balaban J connectivity index is 2.22. The van der Waals surface area contributed by atoms with Crippen LogP contribution in [-0.4, -0.2) is 21.7 Å². The third-order valence-corrected chi connectivity index (χ3v) is 3.19. The molecule has 1 heterocycles. The van der Waals surface area contributed by atoms with Crippen LogP contribution in [0.25, 0.3) is 5.69 Å². The first kappa shape index (κ1) is 14.6. The number of nitrogens with one attached hydrogen (secondary N) is 1. The lowest BCUT2D eigenvalue weighted by molar-refractivity contribution is -0.116. The second-order valence-corrected chi connectivity index (χ2v) is 4.97. The van der Waals surface area contributed by atoms with Gasteiger partial charge in [0.05, 0.1) is 11.4 Å². The molecule has 3 N–H and O–H groups in total. The van der Waals surface area contributed by atoms with Crippen molar-refractivity contribution < 1.29 is 4.79 Å². The molecular weight excluding hydrogens is 276 g/mol. The van der Waals surface area contributed by atoms with Gasteiger partial charge in [0, 0.05) is 29.9 Å². The molecule has 2 rings (SSSR count).